The highest BCUT2D eigenvalue weighted by Crippen LogP contribution is 2.40. The number of anilines is 1. The molecule has 1 aromatic heterocycles. The molecule has 1 heterocycles. The van der Waals surface area contributed by atoms with Crippen molar-refractivity contribution in [2.24, 2.45) is 5.41 Å². The summed E-state index contributed by atoms with van der Waals surface area (Å²) in [5, 5.41) is 4.86. The Bertz CT molecular complexity index is 1220. The van der Waals surface area contributed by atoms with Crippen LogP contribution in [0.4, 0.5) is 5.69 Å². The van der Waals surface area contributed by atoms with Crippen molar-refractivity contribution in [3.8, 4) is 0 Å². The fourth-order valence-electron chi connectivity index (χ4n) is 4.52. The molecule has 1 aliphatic rings. The highest BCUT2D eigenvalue weighted by molar-refractivity contribution is 6.07. The van der Waals surface area contributed by atoms with Crippen LogP contribution >= 0.6 is 0 Å². The fourth-order valence-corrected chi connectivity index (χ4v) is 4.52. The zero-order valence-corrected chi connectivity index (χ0v) is 19.4. The van der Waals surface area contributed by atoms with E-state index in [1.807, 2.05) is 54.6 Å². The van der Waals surface area contributed by atoms with Gasteiger partial charge < -0.3 is 9.73 Å². The minimum Gasteiger partial charge on any atom is -0.464 e. The summed E-state index contributed by atoms with van der Waals surface area (Å²) in [5.41, 5.74) is 5.65. The molecule has 3 heteroatoms. The number of hydrogen-bond acceptors (Lipinski definition) is 2. The predicted molar refractivity (Wildman–Crippen MR) is 134 cm³/mol. The van der Waals surface area contributed by atoms with E-state index in [-0.39, 0.29) is 11.3 Å². The lowest BCUT2D eigenvalue weighted by atomic mass is 9.72. The first-order valence-electron chi connectivity index (χ1n) is 11.3. The van der Waals surface area contributed by atoms with Crippen molar-refractivity contribution >= 4 is 28.4 Å². The predicted octanol–water partition coefficient (Wildman–Crippen LogP) is 8.17. The van der Waals surface area contributed by atoms with Gasteiger partial charge in [0.25, 0.3) is 5.91 Å². The maximum Gasteiger partial charge on any atom is 0.255 e. The largest absolute Gasteiger partial charge is 0.464 e. The quantitative estimate of drug-likeness (QED) is 0.419. The third-order valence-electron chi connectivity index (χ3n) is 6.34. The van der Waals surface area contributed by atoms with E-state index in [0.717, 1.165) is 27.8 Å². The van der Waals surface area contributed by atoms with Crippen molar-refractivity contribution in [2.45, 2.75) is 47.0 Å². The lowest BCUT2D eigenvalue weighted by molar-refractivity contribution is 0.102. The smallest absolute Gasteiger partial charge is 0.255 e. The first kappa shape index (κ1) is 21.9. The van der Waals surface area contributed by atoms with Gasteiger partial charge >= 0.3 is 0 Å². The molecule has 1 N–H and O–H groups in total. The van der Waals surface area contributed by atoms with Crippen LogP contribution in [-0.2, 0) is 0 Å². The van der Waals surface area contributed by atoms with E-state index in [2.05, 4.69) is 45.2 Å². The average molecular weight is 426 g/mol. The second kappa shape index (κ2) is 9.04. The second-order valence-electron chi connectivity index (χ2n) is 9.38. The molecule has 1 amide bonds. The van der Waals surface area contributed by atoms with Gasteiger partial charge in [0.05, 0.1) is 6.26 Å². The molecule has 2 aromatic carbocycles. The molecule has 0 saturated carbocycles. The highest BCUT2D eigenvalue weighted by Gasteiger charge is 2.26. The van der Waals surface area contributed by atoms with E-state index in [4.69, 9.17) is 4.42 Å². The summed E-state index contributed by atoms with van der Waals surface area (Å²) in [5.74, 6) is 0.637. The van der Waals surface area contributed by atoms with Crippen molar-refractivity contribution in [3.05, 3.63) is 95.0 Å². The molecule has 0 radical (unpaired) electrons. The third kappa shape index (κ3) is 4.77. The number of carbonyl (C=O) groups is 1. The summed E-state index contributed by atoms with van der Waals surface area (Å²) in [4.78, 5) is 12.7. The van der Waals surface area contributed by atoms with E-state index < -0.39 is 0 Å². The number of rotatable bonds is 5. The first-order chi connectivity index (χ1) is 15.3. The first-order valence-corrected chi connectivity index (χ1v) is 11.3. The van der Waals surface area contributed by atoms with Crippen LogP contribution in [0.5, 0.6) is 0 Å². The van der Waals surface area contributed by atoms with Crippen LogP contribution in [0.15, 0.2) is 88.1 Å². The van der Waals surface area contributed by atoms with Gasteiger partial charge in [-0.3, -0.25) is 4.79 Å². The summed E-state index contributed by atoms with van der Waals surface area (Å²) in [6, 6.07) is 15.1. The number of furan rings is 1. The summed E-state index contributed by atoms with van der Waals surface area (Å²) >= 11 is 0. The average Bonchev–Trinajstić information content (AvgIpc) is 3.15. The van der Waals surface area contributed by atoms with Gasteiger partial charge in [0.15, 0.2) is 0 Å². The summed E-state index contributed by atoms with van der Waals surface area (Å²) in [6.45, 7) is 9.00. The van der Waals surface area contributed by atoms with Gasteiger partial charge in [-0.2, -0.15) is 0 Å². The van der Waals surface area contributed by atoms with Crippen molar-refractivity contribution < 1.29 is 9.21 Å². The van der Waals surface area contributed by atoms with Gasteiger partial charge in [0.1, 0.15) is 5.76 Å². The zero-order chi connectivity index (χ0) is 22.7. The minimum atomic E-state index is -0.132. The number of nitrogens with one attached hydrogen (secondary N) is 1. The van der Waals surface area contributed by atoms with Gasteiger partial charge in [-0.15, -0.1) is 0 Å². The molecule has 32 heavy (non-hydrogen) atoms. The summed E-state index contributed by atoms with van der Waals surface area (Å²) < 4.78 is 5.84. The van der Waals surface area contributed by atoms with Crippen LogP contribution in [0.2, 0.25) is 0 Å². The van der Waals surface area contributed by atoms with E-state index in [9.17, 15) is 4.79 Å². The maximum atomic E-state index is 12.7. The number of amides is 1. The summed E-state index contributed by atoms with van der Waals surface area (Å²) in [7, 11) is 0. The van der Waals surface area contributed by atoms with Gasteiger partial charge in [-0.25, -0.2) is 0 Å². The van der Waals surface area contributed by atoms with Gasteiger partial charge in [-0.05, 0) is 80.0 Å². The molecule has 0 unspecified atom stereocenters. The Morgan fingerprint density at radius 3 is 2.66 bits per heavy atom. The van der Waals surface area contributed by atoms with Crippen molar-refractivity contribution in [2.75, 3.05) is 5.32 Å². The van der Waals surface area contributed by atoms with Crippen LogP contribution in [-0.4, -0.2) is 5.91 Å². The Morgan fingerprint density at radius 1 is 1.12 bits per heavy atom. The number of fused-ring (bicyclic) bond motifs is 1. The monoisotopic (exact) mass is 425 g/mol. The molecule has 0 atom stereocenters. The minimum absolute atomic E-state index is 0.132. The van der Waals surface area contributed by atoms with Crippen LogP contribution in [0.25, 0.3) is 16.8 Å². The molecular formula is C29H31NO2. The third-order valence-corrected chi connectivity index (χ3v) is 6.34. The van der Waals surface area contributed by atoms with Crippen molar-refractivity contribution in [3.63, 3.8) is 0 Å². The van der Waals surface area contributed by atoms with Crippen LogP contribution < -0.4 is 5.32 Å². The van der Waals surface area contributed by atoms with Gasteiger partial charge in [0, 0.05) is 22.0 Å². The van der Waals surface area contributed by atoms with Crippen LogP contribution in [0.3, 0.4) is 0 Å². The number of para-hydroxylation sites is 1. The molecule has 0 fully saturated rings. The SMILES string of the molecule is CC(C=CC1=C(C)CCCC1(C)C)=Cc1occ2ccc(C(=O)Nc3ccccc3)cc12. The zero-order valence-electron chi connectivity index (χ0n) is 19.4. The molecule has 0 bridgehead atoms. The number of hydrogen-bond donors (Lipinski definition) is 1. The molecular weight excluding hydrogens is 394 g/mol. The number of carbonyl (C=O) groups excluding carboxylic acids is 1. The van der Waals surface area contributed by atoms with Gasteiger partial charge in [-0.1, -0.05) is 55.8 Å². The number of benzene rings is 2. The Balaban J connectivity index is 1.58. The topological polar surface area (TPSA) is 42.2 Å². The van der Waals surface area contributed by atoms with Crippen LogP contribution in [0.1, 0.15) is 63.1 Å². The Hall–Kier alpha value is -3.33. The number of allylic oxidation sites excluding steroid dienone is 5. The van der Waals surface area contributed by atoms with E-state index in [0.29, 0.717) is 5.56 Å². The normalized spacial score (nSPS) is 16.7. The molecule has 3 nitrogen and oxygen atoms in total. The Morgan fingerprint density at radius 2 is 1.91 bits per heavy atom. The van der Waals surface area contributed by atoms with Gasteiger partial charge in [0.2, 0.25) is 0 Å². The molecule has 0 spiro atoms. The Kier molecular flexibility index (Phi) is 6.18. The molecule has 164 valence electrons. The standard InChI is InChI=1S/C29H31NO2/c1-20(12-15-26-21(2)9-8-16-29(26,3)4)17-27-25-18-22(13-14-23(25)19-32-27)28(31)30-24-10-6-5-7-11-24/h5-7,10-15,17-19H,8-9,16H2,1-4H3,(H,30,31). The van der Waals surface area contributed by atoms with E-state index in [1.165, 1.54) is 30.4 Å². The lowest BCUT2D eigenvalue weighted by Crippen LogP contribution is -2.19. The van der Waals surface area contributed by atoms with E-state index in [1.54, 1.807) is 6.26 Å². The van der Waals surface area contributed by atoms with E-state index >= 15 is 0 Å². The molecule has 0 aliphatic heterocycles. The van der Waals surface area contributed by atoms with Crippen molar-refractivity contribution in [1.29, 1.82) is 0 Å². The molecule has 3 aromatic rings. The Labute approximate surface area is 190 Å². The highest BCUT2D eigenvalue weighted by atomic mass is 16.3. The van der Waals surface area contributed by atoms with Crippen LogP contribution in [0, 0.1) is 5.41 Å². The second-order valence-corrected chi connectivity index (χ2v) is 9.38. The van der Waals surface area contributed by atoms with Crippen molar-refractivity contribution in [1.82, 2.24) is 0 Å². The maximum absolute atomic E-state index is 12.7. The molecule has 4 rings (SSSR count). The lowest BCUT2D eigenvalue weighted by Gasteiger charge is -2.32. The molecule has 0 saturated heterocycles. The molecule has 1 aliphatic carbocycles. The fraction of sp³-hybridized carbons (Fsp3) is 0.276. The summed E-state index contributed by atoms with van der Waals surface area (Å²) in [6.07, 6.45) is 11.9.